The maximum Gasteiger partial charge on any atom is 0.219 e. The van der Waals surface area contributed by atoms with Crippen molar-refractivity contribution in [1.82, 2.24) is 0 Å². The normalized spacial score (nSPS) is 20.4. The summed E-state index contributed by atoms with van der Waals surface area (Å²) >= 11 is 0. The second-order valence-corrected chi connectivity index (χ2v) is 3.11. The topological polar surface area (TPSA) is 47.6 Å². The lowest BCUT2D eigenvalue weighted by Gasteiger charge is -2.01. The summed E-state index contributed by atoms with van der Waals surface area (Å²) < 4.78 is 18.5. The Morgan fingerprint density at radius 3 is 2.93 bits per heavy atom. The third kappa shape index (κ3) is 1.61. The molecule has 1 aliphatic rings. The van der Waals surface area contributed by atoms with Crippen molar-refractivity contribution in [3.63, 3.8) is 0 Å². The Morgan fingerprint density at radius 1 is 1.50 bits per heavy atom. The molecule has 1 atom stereocenters. The lowest BCUT2D eigenvalue weighted by Crippen LogP contribution is -2.18. The quantitative estimate of drug-likeness (QED) is 0.761. The fourth-order valence-electron chi connectivity index (χ4n) is 1.32. The van der Waals surface area contributed by atoms with E-state index in [1.807, 2.05) is 0 Å². The summed E-state index contributed by atoms with van der Waals surface area (Å²) in [6.45, 7) is 0.873. The van der Waals surface area contributed by atoms with Gasteiger partial charge in [-0.05, 0) is 12.1 Å². The zero-order valence-corrected chi connectivity index (χ0v) is 7.61. The van der Waals surface area contributed by atoms with E-state index in [-0.39, 0.29) is 11.9 Å². The third-order valence-corrected chi connectivity index (χ3v) is 2.09. The molecule has 3 nitrogen and oxygen atoms in total. The number of rotatable bonds is 2. The predicted molar refractivity (Wildman–Crippen MR) is 51.7 cm³/mol. The van der Waals surface area contributed by atoms with E-state index in [0.29, 0.717) is 24.6 Å². The molecule has 1 unspecified atom stereocenters. The summed E-state index contributed by atoms with van der Waals surface area (Å²) in [5.74, 6) is 0.0440. The van der Waals surface area contributed by atoms with Gasteiger partial charge in [-0.1, -0.05) is 12.1 Å². The first kappa shape index (κ1) is 9.15. The maximum atomic E-state index is 13.3. The highest BCUT2D eigenvalue weighted by Gasteiger charge is 2.20. The molecule has 0 amide bonds. The Hall–Kier alpha value is -1.42. The molecule has 0 bridgehead atoms. The highest BCUT2D eigenvalue weighted by Crippen LogP contribution is 2.14. The van der Waals surface area contributed by atoms with E-state index in [4.69, 9.17) is 10.5 Å². The van der Waals surface area contributed by atoms with Crippen molar-refractivity contribution in [2.24, 2.45) is 10.7 Å². The number of halogens is 1. The number of hydrogen-bond donors (Lipinski definition) is 1. The van der Waals surface area contributed by atoms with E-state index in [2.05, 4.69) is 4.99 Å². The van der Waals surface area contributed by atoms with E-state index in [1.165, 1.54) is 6.07 Å². The van der Waals surface area contributed by atoms with Gasteiger partial charge in [-0.2, -0.15) is 0 Å². The fourth-order valence-corrected chi connectivity index (χ4v) is 1.32. The van der Waals surface area contributed by atoms with Gasteiger partial charge < -0.3 is 10.5 Å². The van der Waals surface area contributed by atoms with E-state index in [0.717, 1.165) is 0 Å². The first-order chi connectivity index (χ1) is 6.81. The van der Waals surface area contributed by atoms with E-state index in [1.54, 1.807) is 18.2 Å². The summed E-state index contributed by atoms with van der Waals surface area (Å²) in [5, 5.41) is 0. The van der Waals surface area contributed by atoms with Crippen LogP contribution >= 0.6 is 0 Å². The number of nitrogens with two attached hydrogens (primary N) is 1. The lowest BCUT2D eigenvalue weighted by molar-refractivity contribution is 0.318. The minimum Gasteiger partial charge on any atom is -0.475 e. The third-order valence-electron chi connectivity index (χ3n) is 2.09. The first-order valence-corrected chi connectivity index (χ1v) is 4.47. The van der Waals surface area contributed by atoms with Crippen LogP contribution in [0.1, 0.15) is 5.56 Å². The van der Waals surface area contributed by atoms with Crippen LogP contribution in [0.25, 0.3) is 0 Å². The van der Waals surface area contributed by atoms with Crippen LogP contribution in [0.2, 0.25) is 0 Å². The van der Waals surface area contributed by atoms with Crippen molar-refractivity contribution in [2.45, 2.75) is 6.04 Å². The molecule has 1 aromatic rings. The van der Waals surface area contributed by atoms with Crippen LogP contribution < -0.4 is 5.73 Å². The molecule has 4 heteroatoms. The van der Waals surface area contributed by atoms with Crippen molar-refractivity contribution in [1.29, 1.82) is 0 Å². The largest absolute Gasteiger partial charge is 0.475 e. The molecule has 2 rings (SSSR count). The Balaban J connectivity index is 2.28. The van der Waals surface area contributed by atoms with Crippen molar-refractivity contribution < 1.29 is 9.13 Å². The molecule has 0 spiro atoms. The van der Waals surface area contributed by atoms with E-state index >= 15 is 0 Å². The smallest absolute Gasteiger partial charge is 0.219 e. The Kier molecular flexibility index (Phi) is 2.45. The van der Waals surface area contributed by atoms with Crippen LogP contribution in [0, 0.1) is 5.82 Å². The van der Waals surface area contributed by atoms with Gasteiger partial charge in [0.2, 0.25) is 5.90 Å². The van der Waals surface area contributed by atoms with Crippen molar-refractivity contribution >= 4 is 5.90 Å². The van der Waals surface area contributed by atoms with Crippen LogP contribution in [-0.2, 0) is 4.74 Å². The van der Waals surface area contributed by atoms with Gasteiger partial charge in [-0.25, -0.2) is 9.38 Å². The zero-order valence-electron chi connectivity index (χ0n) is 7.61. The Morgan fingerprint density at radius 2 is 2.29 bits per heavy atom. The number of benzene rings is 1. The summed E-state index contributed by atoms with van der Waals surface area (Å²) in [6.07, 6.45) is 0. The van der Waals surface area contributed by atoms with Gasteiger partial charge in [-0.15, -0.1) is 0 Å². The maximum absolute atomic E-state index is 13.3. The SMILES string of the molecule is NCC1COC(c2ccccc2F)=N1. The minimum atomic E-state index is -0.316. The molecule has 0 fully saturated rings. The van der Waals surface area contributed by atoms with Gasteiger partial charge in [0.15, 0.2) is 0 Å². The minimum absolute atomic E-state index is 0.0374. The van der Waals surface area contributed by atoms with Gasteiger partial charge >= 0.3 is 0 Å². The van der Waals surface area contributed by atoms with Gasteiger partial charge in [0.25, 0.3) is 0 Å². The monoisotopic (exact) mass is 194 g/mol. The average molecular weight is 194 g/mol. The predicted octanol–water partition coefficient (Wildman–Crippen LogP) is 0.930. The molecule has 74 valence electrons. The van der Waals surface area contributed by atoms with Crippen LogP contribution in [0.3, 0.4) is 0 Å². The number of aliphatic imine (C=N–C) groups is 1. The van der Waals surface area contributed by atoms with Crippen molar-refractivity contribution in [3.05, 3.63) is 35.6 Å². The van der Waals surface area contributed by atoms with Crippen LogP contribution in [0.4, 0.5) is 4.39 Å². The molecule has 1 heterocycles. The summed E-state index contributed by atoms with van der Waals surface area (Å²) in [5.41, 5.74) is 5.84. The van der Waals surface area contributed by atoms with Gasteiger partial charge in [0, 0.05) is 6.54 Å². The van der Waals surface area contributed by atoms with E-state index in [9.17, 15) is 4.39 Å². The number of nitrogens with zero attached hydrogens (tertiary/aromatic N) is 1. The molecule has 0 saturated carbocycles. The molecule has 1 aromatic carbocycles. The number of hydrogen-bond acceptors (Lipinski definition) is 3. The van der Waals surface area contributed by atoms with Crippen LogP contribution in [0.15, 0.2) is 29.3 Å². The second-order valence-electron chi connectivity index (χ2n) is 3.11. The van der Waals surface area contributed by atoms with Crippen molar-refractivity contribution in [3.8, 4) is 0 Å². The molecule has 1 aliphatic heterocycles. The van der Waals surface area contributed by atoms with Gasteiger partial charge in [0.1, 0.15) is 18.5 Å². The number of ether oxygens (including phenoxy) is 1. The zero-order chi connectivity index (χ0) is 9.97. The molecular weight excluding hydrogens is 183 g/mol. The first-order valence-electron chi connectivity index (χ1n) is 4.47. The fraction of sp³-hybridized carbons (Fsp3) is 0.300. The molecular formula is C10H11FN2O. The average Bonchev–Trinajstić information content (AvgIpc) is 2.67. The molecule has 14 heavy (non-hydrogen) atoms. The molecule has 0 saturated heterocycles. The van der Waals surface area contributed by atoms with Gasteiger partial charge in [-0.3, -0.25) is 0 Å². The standard InChI is InChI=1S/C10H11FN2O/c11-9-4-2-1-3-8(9)10-13-7(5-12)6-14-10/h1-4,7H,5-6,12H2. The molecule has 0 aliphatic carbocycles. The molecule has 2 N–H and O–H groups in total. The van der Waals surface area contributed by atoms with E-state index < -0.39 is 0 Å². The van der Waals surface area contributed by atoms with Crippen LogP contribution in [-0.4, -0.2) is 25.1 Å². The second kappa shape index (κ2) is 3.75. The lowest BCUT2D eigenvalue weighted by atomic mass is 10.2. The summed E-state index contributed by atoms with van der Waals surface area (Å²) in [4.78, 5) is 4.17. The summed E-state index contributed by atoms with van der Waals surface area (Å²) in [6, 6.07) is 6.38. The molecule has 0 aromatic heterocycles. The highest BCUT2D eigenvalue weighted by molar-refractivity contribution is 5.95. The van der Waals surface area contributed by atoms with Gasteiger partial charge in [0.05, 0.1) is 5.56 Å². The Labute approximate surface area is 81.4 Å². The highest BCUT2D eigenvalue weighted by atomic mass is 19.1. The van der Waals surface area contributed by atoms with Crippen molar-refractivity contribution in [2.75, 3.05) is 13.2 Å². The molecule has 0 radical (unpaired) electrons. The Bertz CT molecular complexity index is 365. The summed E-state index contributed by atoms with van der Waals surface area (Å²) in [7, 11) is 0. The van der Waals surface area contributed by atoms with Crippen LogP contribution in [0.5, 0.6) is 0 Å².